The Kier molecular flexibility index (Phi) is 3.49. The van der Waals surface area contributed by atoms with Crippen molar-refractivity contribution in [3.05, 3.63) is 53.4 Å². The third kappa shape index (κ3) is 3.10. The van der Waals surface area contributed by atoms with Crippen molar-refractivity contribution in [2.24, 2.45) is 0 Å². The number of hydrogen-bond donors (Lipinski definition) is 1. The fourth-order valence-electron chi connectivity index (χ4n) is 1.53. The van der Waals surface area contributed by atoms with Gasteiger partial charge in [-0.3, -0.25) is 0 Å². The van der Waals surface area contributed by atoms with E-state index in [9.17, 15) is 8.78 Å². The van der Waals surface area contributed by atoms with Gasteiger partial charge in [0.2, 0.25) is 0 Å². The molecule has 1 atom stereocenters. The molecule has 90 valence electrons. The first-order valence-corrected chi connectivity index (χ1v) is 5.24. The summed E-state index contributed by atoms with van der Waals surface area (Å²) in [5.74, 6) is -0.477. The van der Waals surface area contributed by atoms with E-state index in [0.29, 0.717) is 17.9 Å². The van der Waals surface area contributed by atoms with Crippen molar-refractivity contribution < 1.29 is 13.3 Å². The Morgan fingerprint density at radius 2 is 2.00 bits per heavy atom. The predicted molar refractivity (Wildman–Crippen MR) is 58.1 cm³/mol. The lowest BCUT2D eigenvalue weighted by molar-refractivity contribution is 0.366. The largest absolute Gasteiger partial charge is 0.360 e. The van der Waals surface area contributed by atoms with Gasteiger partial charge in [0.25, 0.3) is 0 Å². The van der Waals surface area contributed by atoms with Gasteiger partial charge < -0.3 is 9.84 Å². The molecular weight excluding hydrogens is 226 g/mol. The molecule has 0 saturated heterocycles. The molecule has 2 aromatic rings. The van der Waals surface area contributed by atoms with Crippen LogP contribution < -0.4 is 5.32 Å². The van der Waals surface area contributed by atoms with E-state index >= 15 is 0 Å². The molecule has 0 spiro atoms. The number of benzene rings is 1. The molecule has 0 aliphatic heterocycles. The van der Waals surface area contributed by atoms with Gasteiger partial charge in [-0.05, 0) is 24.6 Å². The summed E-state index contributed by atoms with van der Waals surface area (Å²) in [7, 11) is 0. The van der Waals surface area contributed by atoms with Crippen molar-refractivity contribution in [1.82, 2.24) is 10.5 Å². The molecule has 5 heteroatoms. The average molecular weight is 238 g/mol. The second-order valence-corrected chi connectivity index (χ2v) is 3.78. The summed E-state index contributed by atoms with van der Waals surface area (Å²) in [6, 6.07) is 5.02. The van der Waals surface area contributed by atoms with Crippen molar-refractivity contribution in [2.45, 2.75) is 19.5 Å². The van der Waals surface area contributed by atoms with E-state index in [-0.39, 0.29) is 6.04 Å². The van der Waals surface area contributed by atoms with Crippen molar-refractivity contribution in [3.63, 3.8) is 0 Å². The zero-order valence-corrected chi connectivity index (χ0v) is 9.28. The van der Waals surface area contributed by atoms with E-state index in [1.807, 2.05) is 6.92 Å². The minimum atomic E-state index is -0.576. The van der Waals surface area contributed by atoms with Crippen LogP contribution in [0.4, 0.5) is 8.78 Å². The normalized spacial score (nSPS) is 12.6. The van der Waals surface area contributed by atoms with Gasteiger partial charge in [-0.25, -0.2) is 8.78 Å². The number of aromatic nitrogens is 1. The van der Waals surface area contributed by atoms with Crippen molar-refractivity contribution in [2.75, 3.05) is 0 Å². The maximum atomic E-state index is 13.0. The van der Waals surface area contributed by atoms with Crippen LogP contribution >= 0.6 is 0 Å². The van der Waals surface area contributed by atoms with E-state index in [1.165, 1.54) is 12.1 Å². The van der Waals surface area contributed by atoms with Gasteiger partial charge in [0.1, 0.15) is 17.4 Å². The first-order chi connectivity index (χ1) is 8.15. The summed E-state index contributed by atoms with van der Waals surface area (Å²) in [4.78, 5) is 0. The molecule has 1 aromatic heterocycles. The standard InChI is InChI=1S/C12H12F2N2O/c1-8(15-7-12-2-3-16-17-12)9-4-10(13)6-11(14)5-9/h2-6,8,15H,7H2,1H3. The topological polar surface area (TPSA) is 38.1 Å². The molecule has 0 radical (unpaired) electrons. The summed E-state index contributed by atoms with van der Waals surface area (Å²) >= 11 is 0. The lowest BCUT2D eigenvalue weighted by Crippen LogP contribution is -2.18. The molecule has 1 unspecified atom stereocenters. The van der Waals surface area contributed by atoms with Gasteiger partial charge in [0.15, 0.2) is 0 Å². The molecule has 1 aromatic carbocycles. The highest BCUT2D eigenvalue weighted by Gasteiger charge is 2.09. The monoisotopic (exact) mass is 238 g/mol. The lowest BCUT2D eigenvalue weighted by atomic mass is 10.1. The molecule has 0 saturated carbocycles. The molecule has 3 nitrogen and oxygen atoms in total. The maximum absolute atomic E-state index is 13.0. The number of halogens is 2. The van der Waals surface area contributed by atoms with Gasteiger partial charge in [-0.1, -0.05) is 5.16 Å². The predicted octanol–water partition coefficient (Wildman–Crippen LogP) is 2.80. The van der Waals surface area contributed by atoms with Crippen molar-refractivity contribution >= 4 is 0 Å². The van der Waals surface area contributed by atoms with Crippen LogP contribution in [0.5, 0.6) is 0 Å². The van der Waals surface area contributed by atoms with Gasteiger partial charge >= 0.3 is 0 Å². The first-order valence-electron chi connectivity index (χ1n) is 5.24. The van der Waals surface area contributed by atoms with Crippen LogP contribution in [0.1, 0.15) is 24.3 Å². The van der Waals surface area contributed by atoms with Crippen LogP contribution in [0.3, 0.4) is 0 Å². The van der Waals surface area contributed by atoms with Crippen LogP contribution in [0, 0.1) is 11.6 Å². The smallest absolute Gasteiger partial charge is 0.150 e. The summed E-state index contributed by atoms with van der Waals surface area (Å²) in [6.45, 7) is 2.28. The quantitative estimate of drug-likeness (QED) is 0.890. The third-order valence-corrected chi connectivity index (χ3v) is 2.46. The van der Waals surface area contributed by atoms with Crippen LogP contribution in [-0.4, -0.2) is 5.16 Å². The van der Waals surface area contributed by atoms with Crippen molar-refractivity contribution in [1.29, 1.82) is 0 Å². The first kappa shape index (κ1) is 11.7. The molecule has 0 aliphatic rings. The summed E-state index contributed by atoms with van der Waals surface area (Å²) < 4.78 is 30.9. The van der Waals surface area contributed by atoms with Crippen LogP contribution in [0.25, 0.3) is 0 Å². The van der Waals surface area contributed by atoms with Gasteiger partial charge in [0, 0.05) is 18.2 Å². The van der Waals surface area contributed by atoms with Crippen LogP contribution in [-0.2, 0) is 6.54 Å². The molecule has 0 amide bonds. The number of hydrogen-bond acceptors (Lipinski definition) is 3. The third-order valence-electron chi connectivity index (χ3n) is 2.46. The average Bonchev–Trinajstić information content (AvgIpc) is 2.77. The summed E-state index contributed by atoms with van der Waals surface area (Å²) in [6.07, 6.45) is 1.55. The fraction of sp³-hybridized carbons (Fsp3) is 0.250. The van der Waals surface area contributed by atoms with Crippen molar-refractivity contribution in [3.8, 4) is 0 Å². The molecule has 2 rings (SSSR count). The van der Waals surface area contributed by atoms with Crippen LogP contribution in [0.15, 0.2) is 35.0 Å². The highest BCUT2D eigenvalue weighted by Crippen LogP contribution is 2.16. The SMILES string of the molecule is CC(NCc1ccno1)c1cc(F)cc(F)c1. The molecule has 1 heterocycles. The maximum Gasteiger partial charge on any atom is 0.150 e. The molecule has 0 aliphatic carbocycles. The molecule has 0 fully saturated rings. The zero-order chi connectivity index (χ0) is 12.3. The van der Waals surface area contributed by atoms with Gasteiger partial charge in [-0.2, -0.15) is 0 Å². The Bertz CT molecular complexity index is 465. The number of rotatable bonds is 4. The summed E-state index contributed by atoms with van der Waals surface area (Å²) in [5, 5.41) is 6.65. The minimum absolute atomic E-state index is 0.176. The Hall–Kier alpha value is -1.75. The molecule has 17 heavy (non-hydrogen) atoms. The second kappa shape index (κ2) is 5.05. The summed E-state index contributed by atoms with van der Waals surface area (Å²) in [5.41, 5.74) is 0.557. The van der Waals surface area contributed by atoms with E-state index in [4.69, 9.17) is 4.52 Å². The molecule has 1 N–H and O–H groups in total. The van der Waals surface area contributed by atoms with E-state index in [0.717, 1.165) is 6.07 Å². The van der Waals surface area contributed by atoms with Crippen LogP contribution in [0.2, 0.25) is 0 Å². The van der Waals surface area contributed by atoms with E-state index < -0.39 is 11.6 Å². The zero-order valence-electron chi connectivity index (χ0n) is 9.28. The minimum Gasteiger partial charge on any atom is -0.360 e. The molecular formula is C12H12F2N2O. The Labute approximate surface area is 97.4 Å². The second-order valence-electron chi connectivity index (χ2n) is 3.78. The Balaban J connectivity index is 2.01. The highest BCUT2D eigenvalue weighted by molar-refractivity contribution is 5.20. The Morgan fingerprint density at radius 3 is 2.59 bits per heavy atom. The molecule has 0 bridgehead atoms. The van der Waals surface area contributed by atoms with E-state index in [1.54, 1.807) is 12.3 Å². The Morgan fingerprint density at radius 1 is 1.29 bits per heavy atom. The van der Waals surface area contributed by atoms with Gasteiger partial charge in [-0.15, -0.1) is 0 Å². The lowest BCUT2D eigenvalue weighted by Gasteiger charge is -2.13. The highest BCUT2D eigenvalue weighted by atomic mass is 19.1. The van der Waals surface area contributed by atoms with E-state index in [2.05, 4.69) is 10.5 Å². The number of nitrogens with one attached hydrogen (secondary N) is 1. The van der Waals surface area contributed by atoms with Gasteiger partial charge in [0.05, 0.1) is 12.7 Å². The number of nitrogens with zero attached hydrogens (tertiary/aromatic N) is 1. The fourth-order valence-corrected chi connectivity index (χ4v) is 1.53.